The molecule has 0 bridgehead atoms. The molecule has 2 aromatic heterocycles. The lowest BCUT2D eigenvalue weighted by molar-refractivity contribution is 0.0421. The summed E-state index contributed by atoms with van der Waals surface area (Å²) in [7, 11) is 1.86. The molecule has 0 aromatic carbocycles. The van der Waals surface area contributed by atoms with Gasteiger partial charge in [-0.2, -0.15) is 5.10 Å². The van der Waals surface area contributed by atoms with Crippen LogP contribution in [0.25, 0.3) is 11.0 Å². The van der Waals surface area contributed by atoms with E-state index >= 15 is 0 Å². The van der Waals surface area contributed by atoms with Crippen molar-refractivity contribution in [2.45, 2.75) is 19.8 Å². The average Bonchev–Trinajstić information content (AvgIpc) is 2.88. The van der Waals surface area contributed by atoms with Gasteiger partial charge < -0.3 is 15.1 Å². The molecule has 1 aliphatic heterocycles. The molecule has 2 aromatic rings. The number of piperidine rings is 1. The largest absolute Gasteiger partial charge is 0.396 e. The lowest BCUT2D eigenvalue weighted by atomic mass is 9.81. The summed E-state index contributed by atoms with van der Waals surface area (Å²) in [4.78, 5) is 11.1. The van der Waals surface area contributed by atoms with E-state index < -0.39 is 5.41 Å². The number of fused-ring (bicyclic) bond motifs is 1. The Balaban J connectivity index is 2.04. The molecule has 3 rings (SSSR count). The molecule has 0 saturated carbocycles. The van der Waals surface area contributed by atoms with Crippen molar-refractivity contribution in [3.05, 3.63) is 12.0 Å². The van der Waals surface area contributed by atoms with Crippen LogP contribution in [0.3, 0.4) is 0 Å². The molecule has 1 fully saturated rings. The van der Waals surface area contributed by atoms with Gasteiger partial charge in [-0.25, -0.2) is 9.97 Å². The van der Waals surface area contributed by atoms with E-state index in [1.165, 1.54) is 0 Å². The number of hydrogen-bond donors (Lipinski definition) is 2. The van der Waals surface area contributed by atoms with E-state index in [0.29, 0.717) is 12.4 Å². The highest BCUT2D eigenvalue weighted by Crippen LogP contribution is 2.33. The molecule has 3 heterocycles. The molecule has 0 unspecified atom stereocenters. The van der Waals surface area contributed by atoms with Crippen molar-refractivity contribution in [3.63, 3.8) is 0 Å². The van der Waals surface area contributed by atoms with Gasteiger partial charge in [0.1, 0.15) is 11.6 Å². The lowest BCUT2D eigenvalue weighted by Gasteiger charge is -2.41. The van der Waals surface area contributed by atoms with E-state index in [9.17, 15) is 10.2 Å². The van der Waals surface area contributed by atoms with Crippen LogP contribution >= 0.6 is 0 Å². The van der Waals surface area contributed by atoms with Crippen molar-refractivity contribution in [2.75, 3.05) is 31.2 Å². The van der Waals surface area contributed by atoms with Gasteiger partial charge in [-0.1, -0.05) is 0 Å². The number of aliphatic hydroxyl groups excluding tert-OH is 2. The summed E-state index contributed by atoms with van der Waals surface area (Å²) in [6.45, 7) is 3.30. The normalized spacial score (nSPS) is 18.4. The van der Waals surface area contributed by atoms with Crippen LogP contribution in [0.2, 0.25) is 0 Å². The number of hydrogen-bond acceptors (Lipinski definition) is 6. The first-order valence-corrected chi connectivity index (χ1v) is 7.21. The molecular weight excluding hydrogens is 270 g/mol. The Labute approximate surface area is 123 Å². The molecule has 1 aliphatic rings. The number of aliphatic hydroxyl groups is 2. The first kappa shape index (κ1) is 14.2. The molecule has 21 heavy (non-hydrogen) atoms. The summed E-state index contributed by atoms with van der Waals surface area (Å²) < 4.78 is 1.74. The van der Waals surface area contributed by atoms with Gasteiger partial charge in [-0.05, 0) is 19.8 Å². The Bertz CT molecular complexity index is 650. The zero-order valence-electron chi connectivity index (χ0n) is 12.5. The predicted octanol–water partition coefficient (Wildman–Crippen LogP) is 0.243. The zero-order chi connectivity index (χ0) is 15.0. The second-order valence-corrected chi connectivity index (χ2v) is 5.94. The molecule has 1 saturated heterocycles. The number of aromatic nitrogens is 4. The Morgan fingerprint density at radius 3 is 2.76 bits per heavy atom. The van der Waals surface area contributed by atoms with Crippen molar-refractivity contribution in [2.24, 2.45) is 12.5 Å². The van der Waals surface area contributed by atoms with Gasteiger partial charge in [0.25, 0.3) is 0 Å². The smallest absolute Gasteiger partial charge is 0.163 e. The number of nitrogens with zero attached hydrogens (tertiary/aromatic N) is 5. The summed E-state index contributed by atoms with van der Waals surface area (Å²) in [5, 5.41) is 24.5. The van der Waals surface area contributed by atoms with E-state index in [1.807, 2.05) is 14.0 Å². The van der Waals surface area contributed by atoms with Crippen LogP contribution in [-0.4, -0.2) is 56.3 Å². The third-order valence-corrected chi connectivity index (χ3v) is 4.32. The number of aryl methyl sites for hydroxylation is 2. The van der Waals surface area contributed by atoms with Gasteiger partial charge in [0.15, 0.2) is 5.65 Å². The third kappa shape index (κ3) is 2.36. The minimum absolute atomic E-state index is 0.0136. The highest BCUT2D eigenvalue weighted by Gasteiger charge is 2.35. The molecule has 0 aliphatic carbocycles. The van der Waals surface area contributed by atoms with Crippen molar-refractivity contribution in [1.29, 1.82) is 0 Å². The molecule has 114 valence electrons. The molecular formula is C14H21N5O2. The second-order valence-electron chi connectivity index (χ2n) is 5.94. The van der Waals surface area contributed by atoms with Crippen LogP contribution in [0.15, 0.2) is 6.20 Å². The number of rotatable bonds is 3. The van der Waals surface area contributed by atoms with Crippen molar-refractivity contribution >= 4 is 16.9 Å². The highest BCUT2D eigenvalue weighted by atomic mass is 16.3. The SMILES string of the molecule is Cc1nc(N2CCCC(CO)(CO)C2)c2cnn(C)c2n1. The van der Waals surface area contributed by atoms with Crippen LogP contribution in [0.4, 0.5) is 5.82 Å². The van der Waals surface area contributed by atoms with Crippen LogP contribution in [0, 0.1) is 12.3 Å². The van der Waals surface area contributed by atoms with E-state index in [-0.39, 0.29) is 13.2 Å². The molecule has 0 radical (unpaired) electrons. The van der Waals surface area contributed by atoms with Crippen LogP contribution in [-0.2, 0) is 7.05 Å². The Morgan fingerprint density at radius 1 is 1.29 bits per heavy atom. The molecule has 7 heteroatoms. The molecule has 0 spiro atoms. The van der Waals surface area contributed by atoms with E-state index in [2.05, 4.69) is 20.0 Å². The van der Waals surface area contributed by atoms with Gasteiger partial charge in [-0.15, -0.1) is 0 Å². The third-order valence-electron chi connectivity index (χ3n) is 4.32. The van der Waals surface area contributed by atoms with Gasteiger partial charge in [-0.3, -0.25) is 4.68 Å². The fraction of sp³-hybridized carbons (Fsp3) is 0.643. The first-order chi connectivity index (χ1) is 10.1. The first-order valence-electron chi connectivity index (χ1n) is 7.21. The van der Waals surface area contributed by atoms with Gasteiger partial charge in [0, 0.05) is 25.6 Å². The van der Waals surface area contributed by atoms with Gasteiger partial charge >= 0.3 is 0 Å². The van der Waals surface area contributed by atoms with Crippen LogP contribution in [0.1, 0.15) is 18.7 Å². The Kier molecular flexibility index (Phi) is 3.54. The van der Waals surface area contributed by atoms with E-state index in [4.69, 9.17) is 0 Å². The summed E-state index contributed by atoms with van der Waals surface area (Å²) in [6.07, 6.45) is 3.53. The summed E-state index contributed by atoms with van der Waals surface area (Å²) in [6, 6.07) is 0. The maximum absolute atomic E-state index is 9.64. The Hall–Kier alpha value is -1.73. The lowest BCUT2D eigenvalue weighted by Crippen LogP contribution is -2.48. The molecule has 2 N–H and O–H groups in total. The van der Waals surface area contributed by atoms with E-state index in [1.54, 1.807) is 10.9 Å². The molecule has 7 nitrogen and oxygen atoms in total. The maximum Gasteiger partial charge on any atom is 0.163 e. The van der Waals surface area contributed by atoms with Crippen LogP contribution < -0.4 is 4.90 Å². The fourth-order valence-electron chi connectivity index (χ4n) is 3.05. The Morgan fingerprint density at radius 2 is 2.05 bits per heavy atom. The van der Waals surface area contributed by atoms with Crippen LogP contribution in [0.5, 0.6) is 0 Å². The minimum Gasteiger partial charge on any atom is -0.396 e. The predicted molar refractivity (Wildman–Crippen MR) is 79.1 cm³/mol. The highest BCUT2D eigenvalue weighted by molar-refractivity contribution is 5.87. The van der Waals surface area contributed by atoms with Gasteiger partial charge in [0.05, 0.1) is 24.8 Å². The van der Waals surface area contributed by atoms with Gasteiger partial charge in [0.2, 0.25) is 0 Å². The topological polar surface area (TPSA) is 87.3 Å². The number of anilines is 1. The monoisotopic (exact) mass is 291 g/mol. The minimum atomic E-state index is -0.453. The standard InChI is InChI=1S/C14H21N5O2/c1-10-16-12-11(6-15-18(12)2)13(17-10)19-5-3-4-14(7-19,8-20)9-21/h6,20-21H,3-5,7-9H2,1-2H3. The zero-order valence-corrected chi connectivity index (χ0v) is 12.5. The van der Waals surface area contributed by atoms with Crippen molar-refractivity contribution in [3.8, 4) is 0 Å². The average molecular weight is 291 g/mol. The fourth-order valence-corrected chi connectivity index (χ4v) is 3.05. The van der Waals surface area contributed by atoms with Crippen molar-refractivity contribution < 1.29 is 10.2 Å². The summed E-state index contributed by atoms with van der Waals surface area (Å²) in [5.41, 5.74) is 0.354. The van der Waals surface area contributed by atoms with E-state index in [0.717, 1.165) is 36.2 Å². The molecule has 0 atom stereocenters. The summed E-state index contributed by atoms with van der Waals surface area (Å²) >= 11 is 0. The van der Waals surface area contributed by atoms with Crippen molar-refractivity contribution in [1.82, 2.24) is 19.7 Å². The second kappa shape index (κ2) is 5.23. The quantitative estimate of drug-likeness (QED) is 0.842. The summed E-state index contributed by atoms with van der Waals surface area (Å²) in [5.74, 6) is 1.54. The maximum atomic E-state index is 9.64. The molecule has 0 amide bonds.